The Morgan fingerprint density at radius 1 is 0.979 bits per heavy atom. The maximum absolute atomic E-state index is 14.2. The molecule has 47 heavy (non-hydrogen) atoms. The van der Waals surface area contributed by atoms with Gasteiger partial charge in [0.05, 0.1) is 12.6 Å². The molecule has 12 heteroatoms. The molecule has 1 aliphatic carbocycles. The minimum atomic E-state index is -1.20. The fraction of sp³-hybridized carbons (Fsp3) is 0.543. The van der Waals surface area contributed by atoms with E-state index in [0.717, 1.165) is 70.6 Å². The standard InChI is InChI=1S/C35H40F3N3O6/c1-2-3-4-5-6-7-8-9-10-11-12-13-30(42)47-33-31-35(45)41-23-14-15-24(18-23)46-29(41)21-40(31)20-26(32(33)43)34(44)39-19-25-27(37)16-22(36)17-28(25)38/h1,16-17,20,23-24,29H,3-15,18-19,21H2,(H,39,44)/t23-,24+,29?/m0/s1. The van der Waals surface area contributed by atoms with Crippen molar-refractivity contribution in [1.29, 1.82) is 0 Å². The van der Waals surface area contributed by atoms with Gasteiger partial charge in [0.2, 0.25) is 11.2 Å². The number of aromatic nitrogens is 1. The summed E-state index contributed by atoms with van der Waals surface area (Å²) >= 11 is 0. The molecule has 9 nitrogen and oxygen atoms in total. The number of carbonyl (C=O) groups excluding carboxylic acids is 3. The third-order valence-electron chi connectivity index (χ3n) is 9.13. The minimum Gasteiger partial charge on any atom is -0.420 e. The summed E-state index contributed by atoms with van der Waals surface area (Å²) in [5.41, 5.74) is -2.23. The first-order chi connectivity index (χ1) is 22.7. The van der Waals surface area contributed by atoms with Crippen LogP contribution in [0.5, 0.6) is 5.75 Å². The van der Waals surface area contributed by atoms with Crippen molar-refractivity contribution in [3.8, 4) is 18.1 Å². The van der Waals surface area contributed by atoms with Crippen molar-refractivity contribution in [3.63, 3.8) is 0 Å². The average Bonchev–Trinajstić information content (AvgIpc) is 3.40. The van der Waals surface area contributed by atoms with Crippen LogP contribution in [-0.4, -0.2) is 45.6 Å². The lowest BCUT2D eigenvalue weighted by Crippen LogP contribution is -2.57. The first-order valence-electron chi connectivity index (χ1n) is 16.5. The molecule has 0 spiro atoms. The molecule has 3 aliphatic rings. The van der Waals surface area contributed by atoms with Crippen molar-refractivity contribution in [1.82, 2.24) is 14.8 Å². The van der Waals surface area contributed by atoms with Gasteiger partial charge in [-0.15, -0.1) is 12.3 Å². The highest BCUT2D eigenvalue weighted by atomic mass is 19.1. The molecule has 1 saturated carbocycles. The Morgan fingerprint density at radius 2 is 1.64 bits per heavy atom. The van der Waals surface area contributed by atoms with Gasteiger partial charge in [-0.05, 0) is 32.1 Å². The summed E-state index contributed by atoms with van der Waals surface area (Å²) in [7, 11) is 0. The van der Waals surface area contributed by atoms with Gasteiger partial charge >= 0.3 is 5.97 Å². The second-order valence-corrected chi connectivity index (χ2v) is 12.5. The molecule has 1 aromatic carbocycles. The molecule has 2 aliphatic heterocycles. The van der Waals surface area contributed by atoms with Crippen LogP contribution in [-0.2, 0) is 22.6 Å². The SMILES string of the molecule is C#CCCCCCCCCCCCC(=O)Oc1c2n(cc(C(=O)NCc3c(F)cc(F)cc3F)c1=O)CC1O[C@@H]3CC[C@@H](C3)N1C2=O. The smallest absolute Gasteiger partial charge is 0.311 e. The number of fused-ring (bicyclic) bond motifs is 5. The Bertz CT molecular complexity index is 1580. The van der Waals surface area contributed by atoms with E-state index in [-0.39, 0.29) is 30.8 Å². The molecule has 2 bridgehead atoms. The number of unbranched alkanes of at least 4 members (excludes halogenated alkanes) is 9. The third-order valence-corrected chi connectivity index (χ3v) is 9.13. The number of rotatable bonds is 15. The molecule has 1 N–H and O–H groups in total. The molecule has 0 radical (unpaired) electrons. The van der Waals surface area contributed by atoms with Crippen LogP contribution in [0.25, 0.3) is 0 Å². The molecule has 5 rings (SSSR count). The van der Waals surface area contributed by atoms with E-state index in [1.807, 2.05) is 0 Å². The maximum Gasteiger partial charge on any atom is 0.311 e. The van der Waals surface area contributed by atoms with Gasteiger partial charge in [0.1, 0.15) is 23.0 Å². The zero-order valence-corrected chi connectivity index (χ0v) is 26.3. The Hall–Kier alpha value is -4.11. The number of hydrogen-bond donors (Lipinski definition) is 1. The summed E-state index contributed by atoms with van der Waals surface area (Å²) in [4.78, 5) is 55.2. The number of hydrogen-bond acceptors (Lipinski definition) is 6. The topological polar surface area (TPSA) is 107 Å². The van der Waals surface area contributed by atoms with E-state index in [1.165, 1.54) is 10.8 Å². The van der Waals surface area contributed by atoms with Gasteiger partial charge in [-0.1, -0.05) is 44.9 Å². The van der Waals surface area contributed by atoms with Crippen molar-refractivity contribution in [2.75, 3.05) is 0 Å². The van der Waals surface area contributed by atoms with Crippen molar-refractivity contribution in [2.24, 2.45) is 0 Å². The molecular formula is C35H40F3N3O6. The zero-order valence-electron chi connectivity index (χ0n) is 26.3. The molecule has 3 heterocycles. The number of benzene rings is 1. The summed E-state index contributed by atoms with van der Waals surface area (Å²) in [5.74, 6) is -3.69. The van der Waals surface area contributed by atoms with Crippen molar-refractivity contribution in [2.45, 2.75) is 121 Å². The number of carbonyl (C=O) groups is 3. The van der Waals surface area contributed by atoms with Gasteiger partial charge in [0, 0.05) is 49.3 Å². The summed E-state index contributed by atoms with van der Waals surface area (Å²) < 4.78 is 54.7. The highest BCUT2D eigenvalue weighted by molar-refractivity contribution is 6.00. The van der Waals surface area contributed by atoms with Crippen LogP contribution >= 0.6 is 0 Å². The predicted octanol–water partition coefficient (Wildman–Crippen LogP) is 5.76. The lowest BCUT2D eigenvalue weighted by atomic mass is 10.1. The van der Waals surface area contributed by atoms with Crippen molar-refractivity contribution in [3.05, 3.63) is 62.8 Å². The van der Waals surface area contributed by atoms with E-state index in [4.69, 9.17) is 15.9 Å². The molecule has 2 aromatic rings. The lowest BCUT2D eigenvalue weighted by Gasteiger charge is -2.44. The largest absolute Gasteiger partial charge is 0.420 e. The number of nitrogens with zero attached hydrogens (tertiary/aromatic N) is 2. The summed E-state index contributed by atoms with van der Waals surface area (Å²) in [6, 6.07) is 0.883. The number of amides is 2. The van der Waals surface area contributed by atoms with Gasteiger partial charge in [-0.3, -0.25) is 19.2 Å². The molecule has 1 aromatic heterocycles. The summed E-state index contributed by atoms with van der Waals surface area (Å²) in [6.07, 6.45) is 17.7. The zero-order chi connectivity index (χ0) is 33.5. The monoisotopic (exact) mass is 655 g/mol. The van der Waals surface area contributed by atoms with E-state index in [2.05, 4.69) is 11.2 Å². The van der Waals surface area contributed by atoms with Gasteiger partial charge in [-0.25, -0.2) is 13.2 Å². The molecule has 252 valence electrons. The number of ether oxygens (including phenoxy) is 2. The minimum absolute atomic E-state index is 0.00515. The summed E-state index contributed by atoms with van der Waals surface area (Å²) in [5, 5.41) is 2.28. The van der Waals surface area contributed by atoms with Gasteiger partial charge in [-0.2, -0.15) is 0 Å². The number of pyridine rings is 1. The van der Waals surface area contributed by atoms with Crippen molar-refractivity contribution >= 4 is 17.8 Å². The molecule has 2 amide bonds. The molecule has 1 saturated heterocycles. The lowest BCUT2D eigenvalue weighted by molar-refractivity contribution is -0.135. The van der Waals surface area contributed by atoms with Crippen LogP contribution in [0.1, 0.15) is 116 Å². The average molecular weight is 656 g/mol. The Kier molecular flexibility index (Phi) is 11.4. The maximum atomic E-state index is 14.2. The van der Waals surface area contributed by atoms with E-state index < -0.39 is 70.3 Å². The van der Waals surface area contributed by atoms with Crippen LogP contribution < -0.4 is 15.5 Å². The second kappa shape index (κ2) is 15.7. The second-order valence-electron chi connectivity index (χ2n) is 12.5. The van der Waals surface area contributed by atoms with Crippen LogP contribution in [0, 0.1) is 29.8 Å². The van der Waals surface area contributed by atoms with Crippen molar-refractivity contribution < 1.29 is 37.0 Å². The number of nitrogens with one attached hydrogen (secondary N) is 1. The highest BCUT2D eigenvalue weighted by Gasteiger charge is 2.48. The molecular weight excluding hydrogens is 615 g/mol. The summed E-state index contributed by atoms with van der Waals surface area (Å²) in [6.45, 7) is -0.592. The van der Waals surface area contributed by atoms with Crippen LogP contribution in [0.4, 0.5) is 13.2 Å². The number of halogens is 3. The van der Waals surface area contributed by atoms with Crippen LogP contribution in [0.15, 0.2) is 23.1 Å². The normalized spacial score (nSPS) is 19.6. The fourth-order valence-electron chi connectivity index (χ4n) is 6.70. The first kappa shape index (κ1) is 34.2. The molecule has 1 unspecified atom stereocenters. The highest BCUT2D eigenvalue weighted by Crippen LogP contribution is 2.39. The Labute approximate surface area is 271 Å². The number of terminal acetylenes is 1. The molecule has 3 atom stereocenters. The number of esters is 1. The van der Waals surface area contributed by atoms with E-state index in [0.29, 0.717) is 25.0 Å². The van der Waals surface area contributed by atoms with Gasteiger partial charge < -0.3 is 24.3 Å². The fourth-order valence-corrected chi connectivity index (χ4v) is 6.70. The third kappa shape index (κ3) is 8.07. The van der Waals surface area contributed by atoms with Gasteiger partial charge in [0.25, 0.3) is 11.8 Å². The first-order valence-corrected chi connectivity index (χ1v) is 16.5. The van der Waals surface area contributed by atoms with Crippen LogP contribution in [0.3, 0.4) is 0 Å². The predicted molar refractivity (Wildman–Crippen MR) is 166 cm³/mol. The Morgan fingerprint density at radius 3 is 2.32 bits per heavy atom. The van der Waals surface area contributed by atoms with E-state index in [1.54, 1.807) is 4.90 Å². The van der Waals surface area contributed by atoms with Gasteiger partial charge in [0.15, 0.2) is 11.9 Å². The Balaban J connectivity index is 1.28. The quantitative estimate of drug-likeness (QED) is 0.149. The van der Waals surface area contributed by atoms with E-state index >= 15 is 0 Å². The van der Waals surface area contributed by atoms with Crippen LogP contribution in [0.2, 0.25) is 0 Å². The molecule has 2 fully saturated rings. The van der Waals surface area contributed by atoms with E-state index in [9.17, 15) is 32.3 Å².